The van der Waals surface area contributed by atoms with Crippen molar-refractivity contribution in [2.45, 2.75) is 80.2 Å². The molecule has 0 amide bonds. The van der Waals surface area contributed by atoms with Crippen molar-refractivity contribution in [3.8, 4) is 0 Å². The molecule has 7 heteroatoms. The summed E-state index contributed by atoms with van der Waals surface area (Å²) in [4.78, 5) is 1.08. The zero-order chi connectivity index (χ0) is 27.0. The van der Waals surface area contributed by atoms with Crippen LogP contribution in [0.3, 0.4) is 0 Å². The molecule has 0 spiro atoms. The first kappa shape index (κ1) is 27.6. The lowest BCUT2D eigenvalue weighted by Crippen LogP contribution is -2.68. The smallest absolute Gasteiger partial charge is 0.261 e. The number of ether oxygens (including phenoxy) is 3. The normalized spacial score (nSPS) is 27.2. The third-order valence-electron chi connectivity index (χ3n) is 7.33. The summed E-state index contributed by atoms with van der Waals surface area (Å²) in [6.45, 7) is 10.8. The molecular formula is C31H38O5SSi. The summed E-state index contributed by atoms with van der Waals surface area (Å²) in [7, 11) is -2.79. The van der Waals surface area contributed by atoms with Gasteiger partial charge in [-0.15, -0.1) is 0 Å². The third kappa shape index (κ3) is 5.38. The number of benzene rings is 3. The van der Waals surface area contributed by atoms with Crippen molar-refractivity contribution >= 4 is 30.5 Å². The minimum Gasteiger partial charge on any atom is -0.405 e. The Hall–Kier alpha value is -1.97. The largest absolute Gasteiger partial charge is 0.405 e. The summed E-state index contributed by atoms with van der Waals surface area (Å²) in [6, 6.07) is 31.2. The number of thioether (sulfide) groups is 1. The fourth-order valence-electron chi connectivity index (χ4n) is 5.67. The highest BCUT2D eigenvalue weighted by atomic mass is 32.2. The van der Waals surface area contributed by atoms with E-state index in [2.05, 4.69) is 81.4 Å². The molecule has 0 aliphatic carbocycles. The number of hydrogen-bond donors (Lipinski definition) is 1. The van der Waals surface area contributed by atoms with E-state index >= 15 is 0 Å². The zero-order valence-electron chi connectivity index (χ0n) is 22.7. The molecule has 3 aromatic carbocycles. The number of aliphatic hydroxyl groups is 1. The molecule has 3 aromatic rings. The van der Waals surface area contributed by atoms with E-state index in [4.69, 9.17) is 18.6 Å². The second-order valence-corrected chi connectivity index (χ2v) is 17.0. The highest BCUT2D eigenvalue weighted by Crippen LogP contribution is 2.43. The number of rotatable bonds is 7. The molecule has 1 N–H and O–H groups in total. The topological polar surface area (TPSA) is 57.2 Å². The molecule has 2 saturated heterocycles. The van der Waals surface area contributed by atoms with Gasteiger partial charge in [-0.3, -0.25) is 0 Å². The molecule has 5 nitrogen and oxygen atoms in total. The van der Waals surface area contributed by atoms with Gasteiger partial charge in [0.15, 0.2) is 5.79 Å². The predicted octanol–water partition coefficient (Wildman–Crippen LogP) is 4.96. The van der Waals surface area contributed by atoms with Crippen LogP contribution in [0.2, 0.25) is 5.04 Å². The summed E-state index contributed by atoms with van der Waals surface area (Å²) in [5, 5.41) is 13.7. The molecule has 5 rings (SSSR count). The van der Waals surface area contributed by atoms with Crippen molar-refractivity contribution in [2.75, 3.05) is 6.61 Å². The SMILES string of the molecule is CC1(C)O[C@H]2[C@H](O)[C@@H](CO[Si](c3ccccc3)(c3ccccc3)C(C)(C)C)O[C@@H](Sc3ccccc3)[C@H]2O1. The molecule has 2 aliphatic heterocycles. The predicted molar refractivity (Wildman–Crippen MR) is 154 cm³/mol. The van der Waals surface area contributed by atoms with Gasteiger partial charge in [0.05, 0.1) is 6.61 Å². The standard InChI is InChI=1S/C31H38O5SSi/c1-30(2,3)38(23-17-11-7-12-18-23,24-19-13-8-14-20-24)33-21-25-26(32)27-28(36-31(4,5)35-27)29(34-25)37-22-15-9-6-10-16-22/h6-20,25-29,32H,21H2,1-5H3/t25-,26-,27+,28+,29+/m1/s1. The van der Waals surface area contributed by atoms with Gasteiger partial charge in [-0.05, 0) is 41.4 Å². The number of hydrogen-bond acceptors (Lipinski definition) is 6. The summed E-state index contributed by atoms with van der Waals surface area (Å²) in [6.07, 6.45) is -2.36. The van der Waals surface area contributed by atoms with Gasteiger partial charge in [-0.1, -0.05) is 111 Å². The Balaban J connectivity index is 1.48. The minimum absolute atomic E-state index is 0.176. The molecule has 2 fully saturated rings. The number of fused-ring (bicyclic) bond motifs is 1. The molecule has 0 aromatic heterocycles. The zero-order valence-corrected chi connectivity index (χ0v) is 24.6. The van der Waals surface area contributed by atoms with Crippen molar-refractivity contribution in [1.82, 2.24) is 0 Å². The van der Waals surface area contributed by atoms with Gasteiger partial charge in [0.1, 0.15) is 29.9 Å². The first-order valence-corrected chi connectivity index (χ1v) is 16.1. The van der Waals surface area contributed by atoms with Crippen molar-refractivity contribution in [2.24, 2.45) is 0 Å². The first-order valence-electron chi connectivity index (χ1n) is 13.3. The Bertz CT molecular complexity index is 1150. The first-order chi connectivity index (χ1) is 18.1. The average molecular weight is 551 g/mol. The third-order valence-corrected chi connectivity index (χ3v) is 13.5. The highest BCUT2D eigenvalue weighted by molar-refractivity contribution is 7.99. The monoisotopic (exact) mass is 550 g/mol. The quantitative estimate of drug-likeness (QED) is 0.420. The van der Waals surface area contributed by atoms with Crippen LogP contribution in [0.15, 0.2) is 95.9 Å². The van der Waals surface area contributed by atoms with Crippen LogP contribution in [0.4, 0.5) is 0 Å². The summed E-state index contributed by atoms with van der Waals surface area (Å²) in [5.74, 6) is -0.803. The van der Waals surface area contributed by atoms with E-state index < -0.39 is 38.5 Å². The van der Waals surface area contributed by atoms with Gasteiger partial charge in [-0.2, -0.15) is 0 Å². The van der Waals surface area contributed by atoms with Crippen LogP contribution in [-0.2, 0) is 18.6 Å². The van der Waals surface area contributed by atoms with Crippen molar-refractivity contribution in [3.63, 3.8) is 0 Å². The average Bonchev–Trinajstić information content (AvgIpc) is 3.24. The van der Waals surface area contributed by atoms with Crippen molar-refractivity contribution in [1.29, 1.82) is 0 Å². The van der Waals surface area contributed by atoms with Crippen LogP contribution < -0.4 is 10.4 Å². The molecule has 0 bridgehead atoms. The Kier molecular flexibility index (Phi) is 7.91. The molecule has 2 aliphatic rings. The lowest BCUT2D eigenvalue weighted by atomic mass is 10.0. The van der Waals surface area contributed by atoms with Gasteiger partial charge >= 0.3 is 0 Å². The van der Waals surface area contributed by atoms with Crippen LogP contribution in [0.5, 0.6) is 0 Å². The van der Waals surface area contributed by atoms with Gasteiger partial charge in [0.2, 0.25) is 0 Å². The second kappa shape index (κ2) is 10.9. The van der Waals surface area contributed by atoms with Crippen LogP contribution in [0.1, 0.15) is 34.6 Å². The fourth-order valence-corrected chi connectivity index (χ4v) is 11.4. The molecule has 38 heavy (non-hydrogen) atoms. The van der Waals surface area contributed by atoms with E-state index in [1.54, 1.807) is 11.8 Å². The van der Waals surface area contributed by atoms with Gasteiger partial charge < -0.3 is 23.7 Å². The van der Waals surface area contributed by atoms with E-state index in [1.807, 2.05) is 44.2 Å². The molecule has 0 saturated carbocycles. The van der Waals surface area contributed by atoms with E-state index in [-0.39, 0.29) is 17.1 Å². The van der Waals surface area contributed by atoms with Crippen LogP contribution in [0, 0.1) is 0 Å². The van der Waals surface area contributed by atoms with Crippen LogP contribution in [0.25, 0.3) is 0 Å². The van der Waals surface area contributed by atoms with E-state index in [0.29, 0.717) is 0 Å². The van der Waals surface area contributed by atoms with E-state index in [1.165, 1.54) is 10.4 Å². The molecule has 5 atom stereocenters. The maximum absolute atomic E-state index is 11.5. The Morgan fingerprint density at radius 2 is 1.32 bits per heavy atom. The maximum Gasteiger partial charge on any atom is 0.261 e. The van der Waals surface area contributed by atoms with E-state index in [0.717, 1.165) is 4.90 Å². The molecule has 202 valence electrons. The maximum atomic E-state index is 11.5. The summed E-state index contributed by atoms with van der Waals surface area (Å²) >= 11 is 1.60. The molecule has 0 unspecified atom stereocenters. The minimum atomic E-state index is -2.79. The lowest BCUT2D eigenvalue weighted by Gasteiger charge is -2.45. The van der Waals surface area contributed by atoms with Crippen molar-refractivity contribution < 1.29 is 23.7 Å². The number of aliphatic hydroxyl groups excluding tert-OH is 1. The van der Waals surface area contributed by atoms with E-state index in [9.17, 15) is 5.11 Å². The van der Waals surface area contributed by atoms with Crippen molar-refractivity contribution in [3.05, 3.63) is 91.0 Å². The van der Waals surface area contributed by atoms with Crippen LogP contribution >= 0.6 is 11.8 Å². The second-order valence-electron chi connectivity index (χ2n) is 11.5. The lowest BCUT2D eigenvalue weighted by molar-refractivity contribution is -0.172. The van der Waals surface area contributed by atoms with Gasteiger partial charge in [0, 0.05) is 4.90 Å². The molecule has 2 heterocycles. The Morgan fingerprint density at radius 1 is 0.816 bits per heavy atom. The summed E-state index contributed by atoms with van der Waals surface area (Å²) in [5.41, 5.74) is -0.347. The van der Waals surface area contributed by atoms with Gasteiger partial charge in [0.25, 0.3) is 8.32 Å². The fraction of sp³-hybridized carbons (Fsp3) is 0.419. The van der Waals surface area contributed by atoms with Gasteiger partial charge in [-0.25, -0.2) is 0 Å². The Labute approximate surface area is 231 Å². The Morgan fingerprint density at radius 3 is 1.84 bits per heavy atom. The molecule has 0 radical (unpaired) electrons. The molecular weight excluding hydrogens is 512 g/mol. The highest BCUT2D eigenvalue weighted by Gasteiger charge is 2.56. The summed E-state index contributed by atoms with van der Waals surface area (Å²) < 4.78 is 26.2. The van der Waals surface area contributed by atoms with Crippen LogP contribution in [-0.4, -0.2) is 55.7 Å².